The highest BCUT2D eigenvalue weighted by Gasteiger charge is 2.26. The zero-order valence-corrected chi connectivity index (χ0v) is 12.0. The Morgan fingerprint density at radius 2 is 1.90 bits per heavy atom. The van der Waals surface area contributed by atoms with E-state index in [0.717, 1.165) is 5.56 Å². The summed E-state index contributed by atoms with van der Waals surface area (Å²) in [6.07, 6.45) is -0.702. The molecule has 1 amide bonds. The lowest BCUT2D eigenvalue weighted by Crippen LogP contribution is -2.45. The fraction of sp³-hybridized carbons (Fsp3) is 0.400. The number of esters is 1. The van der Waals surface area contributed by atoms with Gasteiger partial charge in [-0.3, -0.25) is 0 Å². The standard InChI is InChI=1S/C15H18N2O4/c1-11(2)13(14(18)20-9-8-16)17-15(19)21-10-12-6-4-3-5-7-12/h3-7,11,13H,9-10H2,1-2H3,(H,17,19). The van der Waals surface area contributed by atoms with E-state index in [1.54, 1.807) is 19.9 Å². The number of nitriles is 1. The first-order chi connectivity index (χ1) is 10.0. The molecule has 1 aromatic rings. The van der Waals surface area contributed by atoms with Gasteiger partial charge in [0.25, 0.3) is 0 Å². The van der Waals surface area contributed by atoms with E-state index in [9.17, 15) is 9.59 Å². The van der Waals surface area contributed by atoms with Crippen molar-refractivity contribution < 1.29 is 19.1 Å². The molecule has 0 aliphatic rings. The van der Waals surface area contributed by atoms with E-state index < -0.39 is 18.1 Å². The second kappa shape index (κ2) is 8.59. The Labute approximate surface area is 123 Å². The number of carbonyl (C=O) groups excluding carboxylic acids is 2. The number of benzene rings is 1. The van der Waals surface area contributed by atoms with Gasteiger partial charge < -0.3 is 14.8 Å². The van der Waals surface area contributed by atoms with Crippen LogP contribution in [0.25, 0.3) is 0 Å². The van der Waals surface area contributed by atoms with Crippen LogP contribution in [0.4, 0.5) is 4.79 Å². The molecule has 112 valence electrons. The van der Waals surface area contributed by atoms with E-state index in [1.165, 1.54) is 0 Å². The largest absolute Gasteiger partial charge is 0.449 e. The highest BCUT2D eigenvalue weighted by Crippen LogP contribution is 2.06. The highest BCUT2D eigenvalue weighted by atomic mass is 16.6. The summed E-state index contributed by atoms with van der Waals surface area (Å²) in [5, 5.41) is 10.8. The van der Waals surface area contributed by atoms with Crippen molar-refractivity contribution in [2.24, 2.45) is 5.92 Å². The van der Waals surface area contributed by atoms with Gasteiger partial charge in [0.2, 0.25) is 0 Å². The average molecular weight is 290 g/mol. The average Bonchev–Trinajstić information content (AvgIpc) is 2.49. The van der Waals surface area contributed by atoms with Crippen LogP contribution in [0.1, 0.15) is 19.4 Å². The molecule has 6 nitrogen and oxygen atoms in total. The van der Waals surface area contributed by atoms with Gasteiger partial charge >= 0.3 is 12.1 Å². The third-order valence-electron chi connectivity index (χ3n) is 2.69. The predicted octanol–water partition coefficient (Wildman–Crippen LogP) is 2.00. The van der Waals surface area contributed by atoms with E-state index in [2.05, 4.69) is 5.32 Å². The summed E-state index contributed by atoms with van der Waals surface area (Å²) in [5.41, 5.74) is 0.848. The minimum Gasteiger partial charge on any atom is -0.449 e. The van der Waals surface area contributed by atoms with Gasteiger partial charge in [-0.15, -0.1) is 0 Å². The number of alkyl carbamates (subject to hydrolysis) is 1. The van der Waals surface area contributed by atoms with Crippen molar-refractivity contribution in [2.45, 2.75) is 26.5 Å². The maximum atomic E-state index is 11.7. The van der Waals surface area contributed by atoms with Gasteiger partial charge in [-0.1, -0.05) is 44.2 Å². The third kappa shape index (κ3) is 5.95. The molecule has 21 heavy (non-hydrogen) atoms. The number of ether oxygens (including phenoxy) is 2. The number of nitrogens with one attached hydrogen (secondary N) is 1. The Balaban J connectivity index is 2.49. The smallest absolute Gasteiger partial charge is 0.408 e. The molecule has 0 saturated carbocycles. The van der Waals surface area contributed by atoms with E-state index in [4.69, 9.17) is 14.7 Å². The topological polar surface area (TPSA) is 88.4 Å². The quantitative estimate of drug-likeness (QED) is 0.809. The summed E-state index contributed by atoms with van der Waals surface area (Å²) in [5.74, 6) is -0.830. The molecule has 1 unspecified atom stereocenters. The van der Waals surface area contributed by atoms with Gasteiger partial charge in [-0.2, -0.15) is 5.26 Å². The summed E-state index contributed by atoms with van der Waals surface area (Å²) in [6, 6.07) is 10.1. The van der Waals surface area contributed by atoms with Crippen LogP contribution in [0, 0.1) is 17.2 Å². The Morgan fingerprint density at radius 3 is 2.48 bits per heavy atom. The lowest BCUT2D eigenvalue weighted by molar-refractivity contribution is -0.145. The molecule has 0 saturated heterocycles. The zero-order chi connectivity index (χ0) is 15.7. The van der Waals surface area contributed by atoms with Crippen LogP contribution in [-0.2, 0) is 20.9 Å². The van der Waals surface area contributed by atoms with Crippen LogP contribution >= 0.6 is 0 Å². The Morgan fingerprint density at radius 1 is 1.24 bits per heavy atom. The molecule has 1 N–H and O–H groups in total. The Kier molecular flexibility index (Phi) is 6.75. The number of amides is 1. The molecule has 0 spiro atoms. The van der Waals surface area contributed by atoms with Crippen LogP contribution in [0.3, 0.4) is 0 Å². The molecule has 1 rings (SSSR count). The number of nitrogens with zero attached hydrogens (tertiary/aromatic N) is 1. The molecular weight excluding hydrogens is 272 g/mol. The second-order valence-corrected chi connectivity index (χ2v) is 4.69. The number of hydrogen-bond acceptors (Lipinski definition) is 5. The maximum Gasteiger partial charge on any atom is 0.408 e. The van der Waals surface area contributed by atoms with Crippen molar-refractivity contribution in [3.05, 3.63) is 35.9 Å². The SMILES string of the molecule is CC(C)C(NC(=O)OCc1ccccc1)C(=O)OCC#N. The summed E-state index contributed by atoms with van der Waals surface area (Å²) in [4.78, 5) is 23.4. The summed E-state index contributed by atoms with van der Waals surface area (Å²) in [7, 11) is 0. The molecule has 0 bridgehead atoms. The second-order valence-electron chi connectivity index (χ2n) is 4.69. The minimum atomic E-state index is -0.846. The van der Waals surface area contributed by atoms with Gasteiger partial charge in [-0.05, 0) is 11.5 Å². The number of hydrogen-bond donors (Lipinski definition) is 1. The molecule has 0 aliphatic heterocycles. The Hall–Kier alpha value is -2.55. The maximum absolute atomic E-state index is 11.7. The zero-order valence-electron chi connectivity index (χ0n) is 12.0. The van der Waals surface area contributed by atoms with Crippen molar-refractivity contribution in [3.8, 4) is 6.07 Å². The highest BCUT2D eigenvalue weighted by molar-refractivity contribution is 5.81. The van der Waals surface area contributed by atoms with Gasteiger partial charge in [-0.25, -0.2) is 9.59 Å². The van der Waals surface area contributed by atoms with E-state index in [1.807, 2.05) is 30.3 Å². The van der Waals surface area contributed by atoms with Crippen molar-refractivity contribution in [2.75, 3.05) is 6.61 Å². The van der Waals surface area contributed by atoms with Crippen molar-refractivity contribution in [3.63, 3.8) is 0 Å². The summed E-state index contributed by atoms with van der Waals surface area (Å²) < 4.78 is 9.75. The first-order valence-electron chi connectivity index (χ1n) is 6.55. The molecule has 1 atom stereocenters. The molecule has 1 aromatic carbocycles. The fourth-order valence-corrected chi connectivity index (χ4v) is 1.58. The molecular formula is C15H18N2O4. The van der Waals surface area contributed by atoms with E-state index in [-0.39, 0.29) is 19.1 Å². The fourth-order valence-electron chi connectivity index (χ4n) is 1.58. The molecule has 0 aliphatic carbocycles. The van der Waals surface area contributed by atoms with Gasteiger partial charge in [0, 0.05) is 0 Å². The van der Waals surface area contributed by atoms with Crippen LogP contribution < -0.4 is 5.32 Å². The van der Waals surface area contributed by atoms with Gasteiger partial charge in [0.1, 0.15) is 18.7 Å². The lowest BCUT2D eigenvalue weighted by atomic mass is 10.1. The van der Waals surface area contributed by atoms with Crippen LogP contribution in [0.2, 0.25) is 0 Å². The number of carbonyl (C=O) groups is 2. The van der Waals surface area contributed by atoms with Crippen molar-refractivity contribution in [1.29, 1.82) is 5.26 Å². The molecule has 0 fully saturated rings. The predicted molar refractivity (Wildman–Crippen MR) is 75.0 cm³/mol. The monoisotopic (exact) mass is 290 g/mol. The van der Waals surface area contributed by atoms with E-state index in [0.29, 0.717) is 0 Å². The summed E-state index contributed by atoms with van der Waals surface area (Å²) in [6.45, 7) is 3.29. The molecule has 6 heteroatoms. The summed E-state index contributed by atoms with van der Waals surface area (Å²) >= 11 is 0. The van der Waals surface area contributed by atoms with Crippen molar-refractivity contribution in [1.82, 2.24) is 5.32 Å². The van der Waals surface area contributed by atoms with Crippen LogP contribution in [0.15, 0.2) is 30.3 Å². The normalized spacial score (nSPS) is 11.3. The van der Waals surface area contributed by atoms with Gasteiger partial charge in [0.15, 0.2) is 6.61 Å². The van der Waals surface area contributed by atoms with E-state index >= 15 is 0 Å². The van der Waals surface area contributed by atoms with Crippen molar-refractivity contribution >= 4 is 12.1 Å². The number of rotatable bonds is 6. The third-order valence-corrected chi connectivity index (χ3v) is 2.69. The van der Waals surface area contributed by atoms with Crippen LogP contribution in [0.5, 0.6) is 0 Å². The first kappa shape index (κ1) is 16.5. The van der Waals surface area contributed by atoms with Crippen LogP contribution in [-0.4, -0.2) is 24.7 Å². The lowest BCUT2D eigenvalue weighted by Gasteiger charge is -2.19. The molecule has 0 radical (unpaired) electrons. The molecule has 0 aromatic heterocycles. The molecule has 0 heterocycles. The minimum absolute atomic E-state index is 0.116. The van der Waals surface area contributed by atoms with Gasteiger partial charge in [0.05, 0.1) is 0 Å². The first-order valence-corrected chi connectivity index (χ1v) is 6.55. The Bertz CT molecular complexity index is 508.